The number of carbonyl (C=O) groups excluding carboxylic acids is 1. The zero-order chi connectivity index (χ0) is 13.0. The number of fused-ring (bicyclic) bond motifs is 1. The van der Waals surface area contributed by atoms with Gasteiger partial charge in [-0.15, -0.1) is 0 Å². The predicted octanol–water partition coefficient (Wildman–Crippen LogP) is 2.32. The van der Waals surface area contributed by atoms with Gasteiger partial charge in [0.1, 0.15) is 5.75 Å². The lowest BCUT2D eigenvalue weighted by molar-refractivity contribution is -0.118. The topological polar surface area (TPSA) is 50.7 Å². The van der Waals surface area contributed by atoms with Gasteiger partial charge in [-0.2, -0.15) is 5.10 Å². The fourth-order valence-electron chi connectivity index (χ4n) is 1.78. The fraction of sp³-hybridized carbons (Fsp3) is 0.143. The molecule has 0 aliphatic heterocycles. The number of hydrogen-bond acceptors (Lipinski definition) is 3. The van der Waals surface area contributed by atoms with Gasteiger partial charge in [0.25, 0.3) is 0 Å². The summed E-state index contributed by atoms with van der Waals surface area (Å²) in [6.07, 6.45) is 1.63. The van der Waals surface area contributed by atoms with Crippen LogP contribution in [-0.2, 0) is 4.79 Å². The van der Waals surface area contributed by atoms with Crippen molar-refractivity contribution in [2.75, 3.05) is 7.11 Å². The van der Waals surface area contributed by atoms with Gasteiger partial charge in [-0.3, -0.25) is 4.79 Å². The summed E-state index contributed by atoms with van der Waals surface area (Å²) in [6.45, 7) is 1.42. The number of nitrogens with zero attached hydrogens (tertiary/aromatic N) is 1. The van der Waals surface area contributed by atoms with E-state index in [1.165, 1.54) is 6.92 Å². The summed E-state index contributed by atoms with van der Waals surface area (Å²) < 4.78 is 5.31. The number of ether oxygens (including phenoxy) is 1. The number of rotatable bonds is 3. The van der Waals surface area contributed by atoms with E-state index in [1.54, 1.807) is 13.3 Å². The largest absolute Gasteiger partial charge is 0.496 e. The molecule has 2 aromatic rings. The van der Waals surface area contributed by atoms with E-state index in [0.717, 1.165) is 22.1 Å². The van der Waals surface area contributed by atoms with Crippen LogP contribution in [0.4, 0.5) is 0 Å². The third kappa shape index (κ3) is 2.48. The van der Waals surface area contributed by atoms with Crippen LogP contribution in [0.15, 0.2) is 41.5 Å². The van der Waals surface area contributed by atoms with Crippen molar-refractivity contribution in [2.45, 2.75) is 6.92 Å². The molecular weight excluding hydrogens is 228 g/mol. The van der Waals surface area contributed by atoms with Crippen molar-refractivity contribution < 1.29 is 9.53 Å². The maximum Gasteiger partial charge on any atom is 0.236 e. The van der Waals surface area contributed by atoms with Gasteiger partial charge < -0.3 is 4.74 Å². The molecule has 92 valence electrons. The summed E-state index contributed by atoms with van der Waals surface area (Å²) in [5.74, 6) is 0.631. The lowest BCUT2D eigenvalue weighted by atomic mass is 10.0. The van der Waals surface area contributed by atoms with Crippen molar-refractivity contribution in [1.82, 2.24) is 5.43 Å². The SMILES string of the molecule is COc1ccc(/C=N\NC(C)=O)c2ccccc12. The number of hydrogen-bond donors (Lipinski definition) is 1. The molecule has 0 spiro atoms. The number of benzene rings is 2. The molecule has 2 aromatic carbocycles. The number of hydrazone groups is 1. The van der Waals surface area contributed by atoms with E-state index in [2.05, 4.69) is 10.5 Å². The lowest BCUT2D eigenvalue weighted by Gasteiger charge is -2.07. The Bertz CT molecular complexity index is 606. The number of amides is 1. The van der Waals surface area contributed by atoms with Crippen molar-refractivity contribution in [1.29, 1.82) is 0 Å². The molecule has 0 atom stereocenters. The Hall–Kier alpha value is -2.36. The minimum absolute atomic E-state index is 0.191. The lowest BCUT2D eigenvalue weighted by Crippen LogP contribution is -2.12. The Kier molecular flexibility index (Phi) is 3.57. The maximum absolute atomic E-state index is 10.8. The molecule has 0 unspecified atom stereocenters. The zero-order valence-electron chi connectivity index (χ0n) is 10.3. The van der Waals surface area contributed by atoms with E-state index >= 15 is 0 Å². The number of carbonyl (C=O) groups is 1. The highest BCUT2D eigenvalue weighted by molar-refractivity contribution is 6.02. The summed E-state index contributed by atoms with van der Waals surface area (Å²) in [5.41, 5.74) is 3.32. The molecule has 0 aromatic heterocycles. The monoisotopic (exact) mass is 242 g/mol. The summed E-state index contributed by atoms with van der Waals surface area (Å²) in [7, 11) is 1.65. The Morgan fingerprint density at radius 3 is 2.61 bits per heavy atom. The zero-order valence-corrected chi connectivity index (χ0v) is 10.3. The Morgan fingerprint density at radius 2 is 1.94 bits per heavy atom. The van der Waals surface area contributed by atoms with E-state index < -0.39 is 0 Å². The van der Waals surface area contributed by atoms with Gasteiger partial charge in [-0.25, -0.2) is 5.43 Å². The second-order valence-corrected chi connectivity index (χ2v) is 3.83. The highest BCUT2D eigenvalue weighted by Gasteiger charge is 2.03. The molecule has 0 aliphatic carbocycles. The normalized spacial score (nSPS) is 10.8. The molecule has 18 heavy (non-hydrogen) atoms. The standard InChI is InChI=1S/C14H14N2O2/c1-10(17)16-15-9-11-7-8-14(18-2)13-6-4-3-5-12(11)13/h3-9H,1-2H3,(H,16,17)/b15-9-. The van der Waals surface area contributed by atoms with E-state index in [4.69, 9.17) is 4.74 Å². The van der Waals surface area contributed by atoms with Crippen LogP contribution in [0.2, 0.25) is 0 Å². The second kappa shape index (κ2) is 5.31. The van der Waals surface area contributed by atoms with E-state index in [0.29, 0.717) is 0 Å². The first-order chi connectivity index (χ1) is 8.72. The van der Waals surface area contributed by atoms with Crippen LogP contribution < -0.4 is 10.2 Å². The molecule has 1 N–H and O–H groups in total. The van der Waals surface area contributed by atoms with Gasteiger partial charge in [0, 0.05) is 17.9 Å². The molecule has 0 heterocycles. The number of nitrogens with one attached hydrogen (secondary N) is 1. The highest BCUT2D eigenvalue weighted by atomic mass is 16.5. The van der Waals surface area contributed by atoms with Gasteiger partial charge in [0.15, 0.2) is 0 Å². The van der Waals surface area contributed by atoms with Crippen molar-refractivity contribution >= 4 is 22.9 Å². The molecule has 4 heteroatoms. The third-order valence-electron chi connectivity index (χ3n) is 2.56. The van der Waals surface area contributed by atoms with Crippen LogP contribution in [-0.4, -0.2) is 19.2 Å². The summed E-state index contributed by atoms with van der Waals surface area (Å²) in [6, 6.07) is 11.7. The molecule has 0 aliphatic rings. The molecule has 1 amide bonds. The van der Waals surface area contributed by atoms with Gasteiger partial charge >= 0.3 is 0 Å². The average molecular weight is 242 g/mol. The van der Waals surface area contributed by atoms with Gasteiger partial charge in [-0.05, 0) is 17.5 Å². The first-order valence-electron chi connectivity index (χ1n) is 5.58. The molecular formula is C14H14N2O2. The highest BCUT2D eigenvalue weighted by Crippen LogP contribution is 2.27. The molecule has 0 radical (unpaired) electrons. The van der Waals surface area contributed by atoms with Gasteiger partial charge in [0.2, 0.25) is 5.91 Å². The quantitative estimate of drug-likeness (QED) is 0.663. The van der Waals surface area contributed by atoms with Gasteiger partial charge in [0.05, 0.1) is 13.3 Å². The van der Waals surface area contributed by atoms with Crippen molar-refractivity contribution in [3.8, 4) is 5.75 Å². The van der Waals surface area contributed by atoms with Crippen LogP contribution in [0.5, 0.6) is 5.75 Å². The number of methoxy groups -OCH3 is 1. The van der Waals surface area contributed by atoms with Crippen molar-refractivity contribution in [2.24, 2.45) is 5.10 Å². The predicted molar refractivity (Wildman–Crippen MR) is 71.9 cm³/mol. The molecule has 0 saturated heterocycles. The minimum atomic E-state index is -0.191. The van der Waals surface area contributed by atoms with E-state index in [1.807, 2.05) is 36.4 Å². The maximum atomic E-state index is 10.8. The molecule has 2 rings (SSSR count). The van der Waals surface area contributed by atoms with Gasteiger partial charge in [-0.1, -0.05) is 24.3 Å². The van der Waals surface area contributed by atoms with E-state index in [9.17, 15) is 4.79 Å². The minimum Gasteiger partial charge on any atom is -0.496 e. The summed E-state index contributed by atoms with van der Waals surface area (Å²) >= 11 is 0. The van der Waals surface area contributed by atoms with Crippen LogP contribution in [0, 0.1) is 0 Å². The Balaban J connectivity index is 2.46. The molecule has 0 fully saturated rings. The van der Waals surface area contributed by atoms with E-state index in [-0.39, 0.29) is 5.91 Å². The average Bonchev–Trinajstić information content (AvgIpc) is 2.38. The van der Waals surface area contributed by atoms with Crippen LogP contribution in [0.3, 0.4) is 0 Å². The molecule has 0 saturated carbocycles. The first kappa shape index (κ1) is 12.1. The Morgan fingerprint density at radius 1 is 1.22 bits per heavy atom. The fourth-order valence-corrected chi connectivity index (χ4v) is 1.78. The molecule has 4 nitrogen and oxygen atoms in total. The smallest absolute Gasteiger partial charge is 0.236 e. The third-order valence-corrected chi connectivity index (χ3v) is 2.56. The molecule has 0 bridgehead atoms. The summed E-state index contributed by atoms with van der Waals surface area (Å²) in [5, 5.41) is 5.93. The second-order valence-electron chi connectivity index (χ2n) is 3.83. The Labute approximate surface area is 105 Å². The summed E-state index contributed by atoms with van der Waals surface area (Å²) in [4.78, 5) is 10.8. The van der Waals surface area contributed by atoms with Crippen LogP contribution >= 0.6 is 0 Å². The van der Waals surface area contributed by atoms with Crippen molar-refractivity contribution in [3.63, 3.8) is 0 Å². The van der Waals surface area contributed by atoms with Crippen molar-refractivity contribution in [3.05, 3.63) is 42.0 Å². The first-order valence-corrected chi connectivity index (χ1v) is 5.58. The van der Waals surface area contributed by atoms with Crippen LogP contribution in [0.1, 0.15) is 12.5 Å². The van der Waals surface area contributed by atoms with Crippen LogP contribution in [0.25, 0.3) is 10.8 Å².